The molecule has 0 aromatic carbocycles. The predicted octanol–water partition coefficient (Wildman–Crippen LogP) is 3.02. The van der Waals surface area contributed by atoms with Crippen LogP contribution in [0.3, 0.4) is 0 Å². The summed E-state index contributed by atoms with van der Waals surface area (Å²) in [6.45, 7) is 8.06. The van der Waals surface area contributed by atoms with Gasteiger partial charge in [0, 0.05) is 6.21 Å². The van der Waals surface area contributed by atoms with E-state index >= 15 is 0 Å². The van der Waals surface area contributed by atoms with E-state index in [0.717, 1.165) is 5.57 Å². The van der Waals surface area contributed by atoms with Gasteiger partial charge in [0.25, 0.3) is 0 Å². The first kappa shape index (κ1) is 11.2. The van der Waals surface area contributed by atoms with Crippen LogP contribution in [0.25, 0.3) is 0 Å². The zero-order valence-electron chi connectivity index (χ0n) is 6.86. The molecule has 0 saturated carbocycles. The third-order valence-electron chi connectivity index (χ3n) is 0.683. The maximum absolute atomic E-state index is 6.62. The van der Waals surface area contributed by atoms with Crippen LogP contribution in [0.5, 0.6) is 0 Å². The lowest BCUT2D eigenvalue weighted by Gasteiger charge is -1.76. The first-order chi connectivity index (χ1) is 4.22. The number of hydrogen-bond donors (Lipinski definition) is 1. The van der Waals surface area contributed by atoms with E-state index in [4.69, 9.17) is 5.41 Å². The molecule has 0 spiro atoms. The summed E-state index contributed by atoms with van der Waals surface area (Å²) in [5.41, 5.74) is 1.01. The molecule has 1 nitrogen and oxygen atoms in total. The van der Waals surface area contributed by atoms with Crippen molar-refractivity contribution in [3.05, 3.63) is 11.6 Å². The summed E-state index contributed by atoms with van der Waals surface area (Å²) < 4.78 is 0. The van der Waals surface area contributed by atoms with E-state index in [0.29, 0.717) is 0 Å². The molecule has 1 N–H and O–H groups in total. The van der Waals surface area contributed by atoms with Gasteiger partial charge >= 0.3 is 0 Å². The molecule has 0 unspecified atom stereocenters. The molecule has 0 aromatic rings. The Morgan fingerprint density at radius 3 is 1.78 bits per heavy atom. The van der Waals surface area contributed by atoms with Gasteiger partial charge in [-0.25, -0.2) is 0 Å². The molecule has 54 valence electrons. The minimum Gasteiger partial charge on any atom is -0.308 e. The second kappa shape index (κ2) is 10.4. The Kier molecular flexibility index (Phi) is 13.0. The van der Waals surface area contributed by atoms with Gasteiger partial charge in [0.1, 0.15) is 0 Å². The van der Waals surface area contributed by atoms with E-state index < -0.39 is 0 Å². The van der Waals surface area contributed by atoms with Crippen LogP contribution in [0, 0.1) is 5.41 Å². The van der Waals surface area contributed by atoms with Crippen LogP contribution < -0.4 is 0 Å². The molecule has 1 heteroatoms. The van der Waals surface area contributed by atoms with Crippen LogP contribution in [0.15, 0.2) is 11.6 Å². The SMILES string of the molecule is C/C=C(/C)C=N.CCC. The molecular weight excluding hydrogens is 110 g/mol. The summed E-state index contributed by atoms with van der Waals surface area (Å²) in [4.78, 5) is 0. The van der Waals surface area contributed by atoms with Gasteiger partial charge in [-0.1, -0.05) is 26.3 Å². The van der Waals surface area contributed by atoms with Crippen molar-refractivity contribution in [1.82, 2.24) is 0 Å². The molecule has 0 saturated heterocycles. The lowest BCUT2D eigenvalue weighted by molar-refractivity contribution is 1.09. The number of allylic oxidation sites excluding steroid dienone is 2. The van der Waals surface area contributed by atoms with Gasteiger partial charge in [-0.15, -0.1) is 0 Å². The van der Waals surface area contributed by atoms with E-state index in [-0.39, 0.29) is 0 Å². The molecule has 0 amide bonds. The second-order valence-corrected chi connectivity index (χ2v) is 1.88. The molecule has 0 radical (unpaired) electrons. The molecule has 9 heavy (non-hydrogen) atoms. The Morgan fingerprint density at radius 1 is 1.44 bits per heavy atom. The summed E-state index contributed by atoms with van der Waals surface area (Å²) in [5, 5.41) is 6.62. The van der Waals surface area contributed by atoms with Crippen molar-refractivity contribution in [2.75, 3.05) is 0 Å². The molecule has 0 heterocycles. The molecular formula is C8H17N. The van der Waals surface area contributed by atoms with Gasteiger partial charge in [0.15, 0.2) is 0 Å². The van der Waals surface area contributed by atoms with Crippen molar-refractivity contribution in [3.63, 3.8) is 0 Å². The highest BCUT2D eigenvalue weighted by molar-refractivity contribution is 5.74. The highest BCUT2D eigenvalue weighted by Gasteiger charge is 1.68. The first-order valence-electron chi connectivity index (χ1n) is 3.36. The molecule has 0 atom stereocenters. The molecule has 0 fully saturated rings. The van der Waals surface area contributed by atoms with Gasteiger partial charge in [0.05, 0.1) is 0 Å². The van der Waals surface area contributed by atoms with Crippen molar-refractivity contribution in [2.24, 2.45) is 0 Å². The molecule has 0 aromatic heterocycles. The van der Waals surface area contributed by atoms with Gasteiger partial charge < -0.3 is 5.41 Å². The molecule has 0 aliphatic rings. The largest absolute Gasteiger partial charge is 0.308 e. The van der Waals surface area contributed by atoms with Crippen LogP contribution in [0.2, 0.25) is 0 Å². The van der Waals surface area contributed by atoms with Crippen LogP contribution in [0.1, 0.15) is 34.1 Å². The Balaban J connectivity index is 0. The summed E-state index contributed by atoms with van der Waals surface area (Å²) >= 11 is 0. The monoisotopic (exact) mass is 127 g/mol. The van der Waals surface area contributed by atoms with Gasteiger partial charge in [-0.2, -0.15) is 0 Å². The maximum atomic E-state index is 6.62. The maximum Gasteiger partial charge on any atom is 0.0203 e. The number of hydrogen-bond acceptors (Lipinski definition) is 1. The second-order valence-electron chi connectivity index (χ2n) is 1.88. The summed E-state index contributed by atoms with van der Waals surface area (Å²) in [6, 6.07) is 0. The van der Waals surface area contributed by atoms with Crippen molar-refractivity contribution in [1.29, 1.82) is 5.41 Å². The van der Waals surface area contributed by atoms with Crippen LogP contribution >= 0.6 is 0 Å². The van der Waals surface area contributed by atoms with Crippen LogP contribution in [-0.4, -0.2) is 6.21 Å². The molecule has 0 aliphatic heterocycles. The Hall–Kier alpha value is -0.590. The highest BCUT2D eigenvalue weighted by atomic mass is 14.3. The molecule has 0 bridgehead atoms. The highest BCUT2D eigenvalue weighted by Crippen LogP contribution is 1.80. The quantitative estimate of drug-likeness (QED) is 0.523. The normalized spacial score (nSPS) is 9.56. The van der Waals surface area contributed by atoms with Gasteiger partial charge in [0.2, 0.25) is 0 Å². The fraction of sp³-hybridized carbons (Fsp3) is 0.625. The van der Waals surface area contributed by atoms with Crippen molar-refractivity contribution in [2.45, 2.75) is 34.1 Å². The van der Waals surface area contributed by atoms with Crippen molar-refractivity contribution < 1.29 is 0 Å². The van der Waals surface area contributed by atoms with E-state index in [9.17, 15) is 0 Å². The topological polar surface area (TPSA) is 23.9 Å². The smallest absolute Gasteiger partial charge is 0.0203 e. The van der Waals surface area contributed by atoms with Gasteiger partial charge in [-0.05, 0) is 19.4 Å². The first-order valence-corrected chi connectivity index (χ1v) is 3.36. The average molecular weight is 127 g/mol. The zero-order valence-corrected chi connectivity index (χ0v) is 6.86. The third kappa shape index (κ3) is 18.7. The fourth-order valence-electron chi connectivity index (χ4n) is 0.0833. The minimum atomic E-state index is 1.01. The Bertz CT molecular complexity index is 82.6. The summed E-state index contributed by atoms with van der Waals surface area (Å²) in [7, 11) is 0. The average Bonchev–Trinajstić information content (AvgIpc) is 1.88. The van der Waals surface area contributed by atoms with E-state index in [1.807, 2.05) is 19.9 Å². The molecule has 0 aliphatic carbocycles. The van der Waals surface area contributed by atoms with E-state index in [1.54, 1.807) is 0 Å². The van der Waals surface area contributed by atoms with E-state index in [1.165, 1.54) is 12.6 Å². The summed E-state index contributed by atoms with van der Waals surface area (Å²) in [6.07, 6.45) is 4.48. The number of nitrogens with one attached hydrogen (secondary N) is 1. The third-order valence-corrected chi connectivity index (χ3v) is 0.683. The minimum absolute atomic E-state index is 1.01. The van der Waals surface area contributed by atoms with Crippen LogP contribution in [-0.2, 0) is 0 Å². The Morgan fingerprint density at radius 2 is 1.78 bits per heavy atom. The molecule has 0 rings (SSSR count). The van der Waals surface area contributed by atoms with E-state index in [2.05, 4.69) is 13.8 Å². The number of rotatable bonds is 1. The fourth-order valence-corrected chi connectivity index (χ4v) is 0.0833. The Labute approximate surface area is 58.3 Å². The predicted molar refractivity (Wildman–Crippen MR) is 44.2 cm³/mol. The van der Waals surface area contributed by atoms with Crippen molar-refractivity contribution >= 4 is 6.21 Å². The summed E-state index contributed by atoms with van der Waals surface area (Å²) in [5.74, 6) is 0. The lowest BCUT2D eigenvalue weighted by atomic mass is 10.3. The van der Waals surface area contributed by atoms with Crippen molar-refractivity contribution in [3.8, 4) is 0 Å². The zero-order chi connectivity index (χ0) is 7.70. The lowest BCUT2D eigenvalue weighted by Crippen LogP contribution is -1.68. The van der Waals surface area contributed by atoms with Gasteiger partial charge in [-0.3, -0.25) is 0 Å². The standard InChI is InChI=1S/C5H9N.C3H8/c1-3-5(2)4-6;1-3-2/h3-4,6H,1-2H3;3H2,1-2H3/b5-3-,6-4?;. The van der Waals surface area contributed by atoms with Crippen LogP contribution in [0.4, 0.5) is 0 Å².